The van der Waals surface area contributed by atoms with Crippen molar-refractivity contribution in [1.82, 2.24) is 0 Å². The second-order valence-electron chi connectivity index (χ2n) is 20.6. The van der Waals surface area contributed by atoms with Crippen molar-refractivity contribution in [3.8, 4) is 0 Å². The van der Waals surface area contributed by atoms with Crippen LogP contribution in [0.25, 0.3) is 0 Å². The molecule has 0 N–H and O–H groups in total. The third-order valence-electron chi connectivity index (χ3n) is 12.5. The van der Waals surface area contributed by atoms with Crippen LogP contribution in [0.4, 0.5) is 0 Å². The summed E-state index contributed by atoms with van der Waals surface area (Å²) in [4.78, 5) is 37.8. The van der Waals surface area contributed by atoms with Gasteiger partial charge in [0.05, 0.1) is 27.7 Å². The average Bonchev–Trinajstić information content (AvgIpc) is 3.33. The van der Waals surface area contributed by atoms with Gasteiger partial charge in [-0.2, -0.15) is 0 Å². The fourth-order valence-electron chi connectivity index (χ4n) is 8.01. The van der Waals surface area contributed by atoms with Crippen molar-refractivity contribution in [3.63, 3.8) is 0 Å². The minimum absolute atomic E-state index is 0.0311. The van der Waals surface area contributed by atoms with Crippen molar-refractivity contribution in [2.75, 3.05) is 47.5 Å². The maximum Gasteiger partial charge on any atom is 0.306 e. The summed E-state index contributed by atoms with van der Waals surface area (Å²) in [6.45, 7) is 4.14. The zero-order valence-corrected chi connectivity index (χ0v) is 47.6. The Balaban J connectivity index is 4.07. The Kier molecular flexibility index (Phi) is 50.4. The molecule has 2 atom stereocenters. The number of ether oxygens (including phenoxy) is 2. The second kappa shape index (κ2) is 52.3. The highest BCUT2D eigenvalue weighted by Crippen LogP contribution is 2.38. The number of carbonyl (C=O) groups is 2. The van der Waals surface area contributed by atoms with Crippen LogP contribution >= 0.6 is 7.82 Å². The van der Waals surface area contributed by atoms with E-state index in [2.05, 4.69) is 86.8 Å². The van der Waals surface area contributed by atoms with Gasteiger partial charge in [0.15, 0.2) is 6.10 Å². The van der Waals surface area contributed by atoms with Crippen LogP contribution in [-0.4, -0.2) is 70.0 Å². The number of likely N-dealkylation sites (N-methyl/N-ethyl adjacent to an activating group) is 1. The quantitative estimate of drug-likeness (QED) is 0.0195. The van der Waals surface area contributed by atoms with Crippen molar-refractivity contribution >= 4 is 19.8 Å². The molecule has 0 aromatic carbocycles. The highest BCUT2D eigenvalue weighted by atomic mass is 31.2. The highest BCUT2D eigenvalue weighted by Gasteiger charge is 2.22. The SMILES string of the molecule is CC/C=C\C/C=C\C/C=C\C/C=C\C/C=C\C/C=C\CCCCCCCCCCCCCCCCC(=O)OC(COC(=O)CCCCCCCCCCCCCCCC)COP(=O)([O-])OCC[N+](C)(C)C. The van der Waals surface area contributed by atoms with E-state index >= 15 is 0 Å². The monoisotopic (exact) mass is 1020 g/mol. The number of hydrogen-bond acceptors (Lipinski definition) is 8. The number of phosphoric acid groups is 1. The first-order chi connectivity index (χ1) is 34.5. The maximum absolute atomic E-state index is 12.8. The third kappa shape index (κ3) is 56.6. The predicted molar refractivity (Wildman–Crippen MR) is 300 cm³/mol. The van der Waals surface area contributed by atoms with E-state index in [0.717, 1.165) is 77.0 Å². The summed E-state index contributed by atoms with van der Waals surface area (Å²) >= 11 is 0. The molecule has 10 heteroatoms. The lowest BCUT2D eigenvalue weighted by atomic mass is 10.0. The molecule has 412 valence electrons. The molecule has 0 aliphatic rings. The van der Waals surface area contributed by atoms with E-state index in [0.29, 0.717) is 17.4 Å². The molecule has 0 heterocycles. The van der Waals surface area contributed by atoms with Crippen molar-refractivity contribution < 1.29 is 42.1 Å². The van der Waals surface area contributed by atoms with Crippen LogP contribution in [0.15, 0.2) is 72.9 Å². The molecule has 0 saturated heterocycles. The van der Waals surface area contributed by atoms with Gasteiger partial charge in [-0.15, -0.1) is 0 Å². The zero-order valence-electron chi connectivity index (χ0n) is 46.7. The molecular weight excluding hydrogens is 906 g/mol. The van der Waals surface area contributed by atoms with Crippen LogP contribution in [-0.2, 0) is 32.7 Å². The van der Waals surface area contributed by atoms with Crippen LogP contribution in [0.1, 0.15) is 251 Å². The second-order valence-corrected chi connectivity index (χ2v) is 22.0. The van der Waals surface area contributed by atoms with Gasteiger partial charge in [-0.25, -0.2) is 0 Å². The van der Waals surface area contributed by atoms with E-state index in [1.165, 1.54) is 141 Å². The molecule has 0 amide bonds. The normalized spacial score (nSPS) is 13.8. The van der Waals surface area contributed by atoms with E-state index in [1.54, 1.807) is 0 Å². The molecule has 0 spiro atoms. The number of esters is 2. The lowest BCUT2D eigenvalue weighted by Crippen LogP contribution is -2.37. The van der Waals surface area contributed by atoms with Crippen LogP contribution in [0.2, 0.25) is 0 Å². The Morgan fingerprint density at radius 1 is 0.451 bits per heavy atom. The Morgan fingerprint density at radius 3 is 1.20 bits per heavy atom. The van der Waals surface area contributed by atoms with E-state index in [-0.39, 0.29) is 32.0 Å². The summed E-state index contributed by atoms with van der Waals surface area (Å²) in [5.74, 6) is -0.827. The topological polar surface area (TPSA) is 111 Å². The Hall–Kier alpha value is -2.55. The van der Waals surface area contributed by atoms with E-state index in [9.17, 15) is 19.0 Å². The molecule has 0 aliphatic carbocycles. The number of nitrogens with zero attached hydrogens (tertiary/aromatic N) is 1. The molecule has 0 aliphatic heterocycles. The minimum atomic E-state index is -4.63. The molecule has 71 heavy (non-hydrogen) atoms. The van der Waals surface area contributed by atoms with Gasteiger partial charge in [0.1, 0.15) is 19.8 Å². The van der Waals surface area contributed by atoms with E-state index in [1.807, 2.05) is 21.1 Å². The smallest absolute Gasteiger partial charge is 0.306 e. The van der Waals surface area contributed by atoms with Crippen molar-refractivity contribution in [1.29, 1.82) is 0 Å². The molecule has 0 aromatic heterocycles. The molecule has 0 aromatic rings. The van der Waals surface area contributed by atoms with Gasteiger partial charge in [0.25, 0.3) is 7.82 Å². The summed E-state index contributed by atoms with van der Waals surface area (Å²) in [5.41, 5.74) is 0. The van der Waals surface area contributed by atoms with Crippen LogP contribution in [0, 0.1) is 0 Å². The number of allylic oxidation sites excluding steroid dienone is 12. The first-order valence-electron chi connectivity index (χ1n) is 29.1. The summed E-state index contributed by atoms with van der Waals surface area (Å²) in [5, 5.41) is 0. The summed E-state index contributed by atoms with van der Waals surface area (Å²) in [6.07, 6.45) is 68.1. The van der Waals surface area contributed by atoms with Crippen LogP contribution in [0.3, 0.4) is 0 Å². The Bertz CT molecular complexity index is 1430. The zero-order chi connectivity index (χ0) is 52.0. The average molecular weight is 1020 g/mol. The van der Waals surface area contributed by atoms with Gasteiger partial charge in [-0.3, -0.25) is 14.2 Å². The summed E-state index contributed by atoms with van der Waals surface area (Å²) in [7, 11) is 1.17. The standard InChI is InChI=1S/C61H110NO8P/c1-6-8-10-12-14-16-18-20-22-23-24-25-26-27-28-29-30-31-32-33-34-35-36-37-38-39-40-42-44-46-48-50-52-54-61(64)70-59(58-69-71(65,66)68-56-55-62(3,4)5)57-67-60(63)53-51-49-47-45-43-41-21-19-17-15-13-11-9-7-2/h8,10,14,16,20,22,24-25,27-28,30-31,59H,6-7,9,11-13,15,17-19,21,23,26,29,32-58H2,1-5H3/b10-8-,16-14-,22-20-,25-24-,28-27-,31-30-. The summed E-state index contributed by atoms with van der Waals surface area (Å²) in [6, 6.07) is 0. The number of phosphoric ester groups is 1. The maximum atomic E-state index is 12.8. The lowest BCUT2D eigenvalue weighted by molar-refractivity contribution is -0.870. The molecule has 0 fully saturated rings. The number of carbonyl (C=O) groups excluding carboxylic acids is 2. The molecule has 0 radical (unpaired) electrons. The Morgan fingerprint density at radius 2 is 0.803 bits per heavy atom. The molecule has 0 saturated carbocycles. The van der Waals surface area contributed by atoms with E-state index < -0.39 is 26.5 Å². The molecule has 2 unspecified atom stereocenters. The van der Waals surface area contributed by atoms with Crippen molar-refractivity contribution in [2.24, 2.45) is 0 Å². The largest absolute Gasteiger partial charge is 0.756 e. The van der Waals surface area contributed by atoms with Gasteiger partial charge in [0.2, 0.25) is 0 Å². The van der Waals surface area contributed by atoms with Crippen molar-refractivity contribution in [2.45, 2.75) is 258 Å². The minimum Gasteiger partial charge on any atom is -0.756 e. The van der Waals surface area contributed by atoms with Crippen molar-refractivity contribution in [3.05, 3.63) is 72.9 Å². The first kappa shape index (κ1) is 68.5. The van der Waals surface area contributed by atoms with E-state index in [4.69, 9.17) is 18.5 Å². The Labute approximate surface area is 438 Å². The lowest BCUT2D eigenvalue weighted by Gasteiger charge is -2.28. The fraction of sp³-hybridized carbons (Fsp3) is 0.770. The molecule has 0 rings (SSSR count). The van der Waals surface area contributed by atoms with Gasteiger partial charge in [0, 0.05) is 12.8 Å². The van der Waals surface area contributed by atoms with Crippen LogP contribution in [0.5, 0.6) is 0 Å². The first-order valence-corrected chi connectivity index (χ1v) is 30.6. The molecular formula is C61H110NO8P. The molecule has 9 nitrogen and oxygen atoms in total. The number of quaternary nitrogens is 1. The molecule has 0 bridgehead atoms. The van der Waals surface area contributed by atoms with Gasteiger partial charge >= 0.3 is 11.9 Å². The number of rotatable bonds is 53. The van der Waals surface area contributed by atoms with Gasteiger partial charge < -0.3 is 27.9 Å². The van der Waals surface area contributed by atoms with Gasteiger partial charge in [-0.1, -0.05) is 247 Å². The predicted octanol–water partition coefficient (Wildman–Crippen LogP) is 17.5. The van der Waals surface area contributed by atoms with Gasteiger partial charge in [-0.05, 0) is 64.2 Å². The fourth-order valence-corrected chi connectivity index (χ4v) is 8.74. The number of unbranched alkanes of at least 4 members (excludes halogenated alkanes) is 27. The summed E-state index contributed by atoms with van der Waals surface area (Å²) < 4.78 is 34.1. The third-order valence-corrected chi connectivity index (χ3v) is 13.5. The number of hydrogen-bond donors (Lipinski definition) is 0. The van der Waals surface area contributed by atoms with Crippen LogP contribution < -0.4 is 4.89 Å². The highest BCUT2D eigenvalue weighted by molar-refractivity contribution is 7.45.